The van der Waals surface area contributed by atoms with Crippen molar-refractivity contribution in [2.24, 2.45) is 0 Å². The van der Waals surface area contributed by atoms with E-state index in [0.29, 0.717) is 13.0 Å². The molecular formula is C18H15F2NO3S. The molecule has 0 aliphatic rings. The minimum absolute atomic E-state index is 0.0305. The van der Waals surface area contributed by atoms with E-state index < -0.39 is 31.8 Å². The first-order valence-electron chi connectivity index (χ1n) is 7.68. The van der Waals surface area contributed by atoms with E-state index in [0.717, 1.165) is 12.1 Å². The minimum atomic E-state index is -4.07. The average molecular weight is 363 g/mol. The highest BCUT2D eigenvalue weighted by molar-refractivity contribution is 7.91. The van der Waals surface area contributed by atoms with Gasteiger partial charge in [-0.1, -0.05) is 25.1 Å². The molecule has 0 spiro atoms. The highest BCUT2D eigenvalue weighted by Gasteiger charge is 2.24. The zero-order chi connectivity index (χ0) is 18.2. The molecule has 3 rings (SSSR count). The van der Waals surface area contributed by atoms with E-state index in [9.17, 15) is 22.0 Å². The van der Waals surface area contributed by atoms with Crippen LogP contribution in [0.2, 0.25) is 0 Å². The number of halogens is 2. The molecule has 0 saturated heterocycles. The Balaban J connectivity index is 2.39. The molecule has 1 aromatic heterocycles. The van der Waals surface area contributed by atoms with Crippen molar-refractivity contribution in [3.63, 3.8) is 0 Å². The number of rotatable bonds is 4. The quantitative estimate of drug-likeness (QED) is 0.713. The molecule has 0 unspecified atom stereocenters. The topological polar surface area (TPSA) is 56.1 Å². The smallest absolute Gasteiger partial charge is 0.211 e. The Labute approximate surface area is 143 Å². The predicted octanol–water partition coefficient (Wildman–Crippen LogP) is 3.52. The van der Waals surface area contributed by atoms with Gasteiger partial charge in [-0.15, -0.1) is 0 Å². The number of aryl methyl sites for hydroxylation is 1. The van der Waals surface area contributed by atoms with Crippen molar-refractivity contribution < 1.29 is 17.2 Å². The summed E-state index contributed by atoms with van der Waals surface area (Å²) in [6, 6.07) is 9.20. The van der Waals surface area contributed by atoms with Gasteiger partial charge in [-0.2, -0.15) is 0 Å². The van der Waals surface area contributed by atoms with Crippen LogP contribution in [0.15, 0.2) is 63.2 Å². The number of pyridine rings is 1. The summed E-state index contributed by atoms with van der Waals surface area (Å²) in [5.74, 6) is -2.28. The zero-order valence-corrected chi connectivity index (χ0v) is 14.2. The summed E-state index contributed by atoms with van der Waals surface area (Å²) < 4.78 is 54.3. The molecule has 0 fully saturated rings. The van der Waals surface area contributed by atoms with Crippen molar-refractivity contribution in [2.45, 2.75) is 29.7 Å². The summed E-state index contributed by atoms with van der Waals surface area (Å²) in [7, 11) is -4.07. The Morgan fingerprint density at radius 2 is 1.68 bits per heavy atom. The first-order chi connectivity index (χ1) is 11.9. The Kier molecular flexibility index (Phi) is 4.43. The summed E-state index contributed by atoms with van der Waals surface area (Å²) in [6.07, 6.45) is 1.83. The largest absolute Gasteiger partial charge is 0.346 e. The van der Waals surface area contributed by atoms with Gasteiger partial charge in [0.1, 0.15) is 4.90 Å². The number of nitrogens with zero attached hydrogens (tertiary/aromatic N) is 1. The van der Waals surface area contributed by atoms with Gasteiger partial charge in [-0.3, -0.25) is 4.79 Å². The van der Waals surface area contributed by atoms with Crippen LogP contribution in [-0.4, -0.2) is 13.0 Å². The lowest BCUT2D eigenvalue weighted by Crippen LogP contribution is -2.19. The number of sulfone groups is 1. The molecule has 4 nitrogen and oxygen atoms in total. The van der Waals surface area contributed by atoms with E-state index >= 15 is 0 Å². The Hall–Kier alpha value is -2.54. The summed E-state index contributed by atoms with van der Waals surface area (Å²) >= 11 is 0. The van der Waals surface area contributed by atoms with E-state index in [4.69, 9.17) is 0 Å². The monoisotopic (exact) mass is 363 g/mol. The second-order valence-corrected chi connectivity index (χ2v) is 7.53. The maximum absolute atomic E-state index is 13.6. The van der Waals surface area contributed by atoms with Crippen LogP contribution in [0.25, 0.3) is 10.9 Å². The van der Waals surface area contributed by atoms with Crippen molar-refractivity contribution in [3.05, 3.63) is 70.5 Å². The van der Waals surface area contributed by atoms with Crippen molar-refractivity contribution >= 4 is 20.7 Å². The van der Waals surface area contributed by atoms with Gasteiger partial charge in [-0.05, 0) is 24.6 Å². The third-order valence-electron chi connectivity index (χ3n) is 3.90. The van der Waals surface area contributed by atoms with Crippen LogP contribution in [0.1, 0.15) is 13.3 Å². The lowest BCUT2D eigenvalue weighted by atomic mass is 10.2. The van der Waals surface area contributed by atoms with Crippen LogP contribution >= 0.6 is 0 Å². The standard InChI is InChI=1S/C18H15F2NO3S/c1-2-8-21-11-17(25(23,24)12-6-4-3-5-7-12)18(22)13-9-14(19)15(20)10-16(13)21/h3-7,9-11H,2,8H2,1H3. The number of hydrogen-bond acceptors (Lipinski definition) is 3. The van der Waals surface area contributed by atoms with E-state index in [1.165, 1.54) is 22.9 Å². The lowest BCUT2D eigenvalue weighted by molar-refractivity contribution is 0.509. The van der Waals surface area contributed by atoms with Crippen LogP contribution in [0.5, 0.6) is 0 Å². The summed E-state index contributed by atoms with van der Waals surface area (Å²) in [6.45, 7) is 2.22. The van der Waals surface area contributed by atoms with E-state index in [2.05, 4.69) is 0 Å². The molecule has 0 radical (unpaired) electrons. The highest BCUT2D eigenvalue weighted by atomic mass is 32.2. The SMILES string of the molecule is CCCn1cc(S(=O)(=O)c2ccccc2)c(=O)c2cc(F)c(F)cc21. The molecule has 25 heavy (non-hydrogen) atoms. The van der Waals surface area contributed by atoms with Crippen LogP contribution in [0, 0.1) is 11.6 Å². The van der Waals surface area contributed by atoms with Gasteiger partial charge in [0.05, 0.1) is 15.8 Å². The summed E-state index contributed by atoms with van der Waals surface area (Å²) in [5, 5.41) is -0.163. The summed E-state index contributed by atoms with van der Waals surface area (Å²) in [5.41, 5.74) is -0.678. The fraction of sp³-hybridized carbons (Fsp3) is 0.167. The maximum Gasteiger partial charge on any atom is 0.211 e. The highest BCUT2D eigenvalue weighted by Crippen LogP contribution is 2.23. The van der Waals surface area contributed by atoms with Crippen LogP contribution in [0.3, 0.4) is 0 Å². The molecule has 0 aliphatic carbocycles. The van der Waals surface area contributed by atoms with Gasteiger partial charge < -0.3 is 4.57 Å². The normalized spacial score (nSPS) is 11.8. The second-order valence-electron chi connectivity index (χ2n) is 5.62. The Bertz CT molecular complexity index is 1110. The molecule has 0 N–H and O–H groups in total. The van der Waals surface area contributed by atoms with Crippen LogP contribution < -0.4 is 5.43 Å². The van der Waals surface area contributed by atoms with E-state index in [-0.39, 0.29) is 15.8 Å². The number of aromatic nitrogens is 1. The maximum atomic E-state index is 13.6. The fourth-order valence-corrected chi connectivity index (χ4v) is 4.09. The number of hydrogen-bond donors (Lipinski definition) is 0. The third-order valence-corrected chi connectivity index (χ3v) is 5.66. The Morgan fingerprint density at radius 1 is 1.04 bits per heavy atom. The molecule has 0 amide bonds. The second kappa shape index (κ2) is 6.40. The fourth-order valence-electron chi connectivity index (χ4n) is 2.70. The molecule has 0 atom stereocenters. The molecule has 2 aromatic carbocycles. The van der Waals surface area contributed by atoms with Crippen LogP contribution in [0.4, 0.5) is 8.78 Å². The third kappa shape index (κ3) is 2.95. The van der Waals surface area contributed by atoms with Gasteiger partial charge in [0.25, 0.3) is 0 Å². The lowest BCUT2D eigenvalue weighted by Gasteiger charge is -2.13. The molecular weight excluding hydrogens is 348 g/mol. The van der Waals surface area contributed by atoms with Gasteiger partial charge in [0.15, 0.2) is 11.6 Å². The number of benzene rings is 2. The summed E-state index contributed by atoms with van der Waals surface area (Å²) in [4.78, 5) is 12.2. The van der Waals surface area contributed by atoms with Crippen molar-refractivity contribution in [1.29, 1.82) is 0 Å². The molecule has 130 valence electrons. The van der Waals surface area contributed by atoms with Crippen molar-refractivity contribution in [2.75, 3.05) is 0 Å². The molecule has 3 aromatic rings. The average Bonchev–Trinajstić information content (AvgIpc) is 2.60. The van der Waals surface area contributed by atoms with Gasteiger partial charge in [0.2, 0.25) is 15.3 Å². The van der Waals surface area contributed by atoms with Crippen molar-refractivity contribution in [3.8, 4) is 0 Å². The van der Waals surface area contributed by atoms with Gasteiger partial charge in [0, 0.05) is 18.8 Å². The molecule has 1 heterocycles. The molecule has 0 aliphatic heterocycles. The predicted molar refractivity (Wildman–Crippen MR) is 90.3 cm³/mol. The Morgan fingerprint density at radius 3 is 2.32 bits per heavy atom. The van der Waals surface area contributed by atoms with Gasteiger partial charge in [-0.25, -0.2) is 17.2 Å². The molecule has 0 saturated carbocycles. The first-order valence-corrected chi connectivity index (χ1v) is 9.17. The van der Waals surface area contributed by atoms with Crippen LogP contribution in [-0.2, 0) is 16.4 Å². The first kappa shape index (κ1) is 17.3. The number of fused-ring (bicyclic) bond motifs is 1. The zero-order valence-electron chi connectivity index (χ0n) is 13.4. The van der Waals surface area contributed by atoms with Gasteiger partial charge >= 0.3 is 0 Å². The molecule has 0 bridgehead atoms. The molecule has 7 heteroatoms. The van der Waals surface area contributed by atoms with E-state index in [1.807, 2.05) is 6.92 Å². The van der Waals surface area contributed by atoms with E-state index in [1.54, 1.807) is 18.2 Å². The van der Waals surface area contributed by atoms with Crippen molar-refractivity contribution in [1.82, 2.24) is 4.57 Å². The minimum Gasteiger partial charge on any atom is -0.346 e.